The smallest absolute Gasteiger partial charge is 0.244 e. The maximum atomic E-state index is 5.68. The van der Waals surface area contributed by atoms with Gasteiger partial charge in [-0.25, -0.2) is 0 Å². The van der Waals surface area contributed by atoms with Gasteiger partial charge in [-0.2, -0.15) is 4.98 Å². The summed E-state index contributed by atoms with van der Waals surface area (Å²) in [7, 11) is 0. The minimum Gasteiger partial charge on any atom is -0.368 e. The van der Waals surface area contributed by atoms with Gasteiger partial charge in [-0.05, 0) is 33.7 Å². The van der Waals surface area contributed by atoms with E-state index in [1.165, 1.54) is 0 Å². The van der Waals surface area contributed by atoms with Gasteiger partial charge < -0.3 is 15.0 Å². The van der Waals surface area contributed by atoms with Crippen molar-refractivity contribution in [1.82, 2.24) is 20.5 Å². The first-order chi connectivity index (χ1) is 8.54. The number of hydrogen-bond donors (Lipinski definition) is 2. The fraction of sp³-hybridized carbons (Fsp3) is 0.833. The Hall–Kier alpha value is -1.14. The number of H-pyrrole nitrogens is 1. The topological polar surface area (TPSA) is 66.1 Å². The van der Waals surface area contributed by atoms with Gasteiger partial charge in [0, 0.05) is 19.6 Å². The first-order valence-electron chi connectivity index (χ1n) is 6.55. The van der Waals surface area contributed by atoms with E-state index >= 15 is 0 Å². The van der Waals surface area contributed by atoms with Crippen molar-refractivity contribution in [1.29, 1.82) is 0 Å². The standard InChI is InChI=1S/C12H23N5O/c1-12(2,3)18-9-10-14-11(16-15-10)17-7-4-5-13-6-8-17/h13H,4-9H2,1-3H3,(H,14,15,16). The van der Waals surface area contributed by atoms with Crippen LogP contribution in [0.4, 0.5) is 5.95 Å². The number of aromatic nitrogens is 3. The fourth-order valence-corrected chi connectivity index (χ4v) is 1.82. The molecule has 2 rings (SSSR count). The second-order valence-electron chi connectivity index (χ2n) is 5.57. The van der Waals surface area contributed by atoms with E-state index < -0.39 is 0 Å². The molecule has 2 N–H and O–H groups in total. The van der Waals surface area contributed by atoms with Crippen LogP contribution in [-0.2, 0) is 11.3 Å². The molecule has 2 heterocycles. The predicted octanol–water partition coefficient (Wildman–Crippen LogP) is 0.919. The fourth-order valence-electron chi connectivity index (χ4n) is 1.82. The molecule has 0 spiro atoms. The molecule has 0 atom stereocenters. The van der Waals surface area contributed by atoms with Crippen LogP contribution < -0.4 is 10.2 Å². The normalized spacial score (nSPS) is 17.8. The Kier molecular flexibility index (Phi) is 4.19. The zero-order chi connectivity index (χ0) is 13.0. The third-order valence-corrected chi connectivity index (χ3v) is 2.78. The van der Waals surface area contributed by atoms with Crippen molar-refractivity contribution in [3.05, 3.63) is 5.82 Å². The van der Waals surface area contributed by atoms with Gasteiger partial charge >= 0.3 is 0 Å². The number of nitrogens with zero attached hydrogens (tertiary/aromatic N) is 3. The lowest BCUT2D eigenvalue weighted by molar-refractivity contribution is -0.0179. The number of aromatic amines is 1. The zero-order valence-corrected chi connectivity index (χ0v) is 11.5. The molecule has 18 heavy (non-hydrogen) atoms. The van der Waals surface area contributed by atoms with Crippen molar-refractivity contribution in [3.8, 4) is 0 Å². The van der Waals surface area contributed by atoms with Gasteiger partial charge in [0.15, 0.2) is 5.82 Å². The Bertz CT molecular complexity index is 363. The van der Waals surface area contributed by atoms with E-state index in [1.807, 2.05) is 20.8 Å². The second-order valence-corrected chi connectivity index (χ2v) is 5.57. The van der Waals surface area contributed by atoms with Gasteiger partial charge in [-0.15, -0.1) is 5.10 Å². The Balaban J connectivity index is 1.92. The largest absolute Gasteiger partial charge is 0.368 e. The van der Waals surface area contributed by atoms with E-state index in [0.717, 1.165) is 44.4 Å². The molecule has 1 fully saturated rings. The number of ether oxygens (including phenoxy) is 1. The maximum Gasteiger partial charge on any atom is 0.244 e. The molecule has 102 valence electrons. The highest BCUT2D eigenvalue weighted by Crippen LogP contribution is 2.12. The number of hydrogen-bond acceptors (Lipinski definition) is 5. The van der Waals surface area contributed by atoms with Gasteiger partial charge in [0.05, 0.1) is 5.60 Å². The van der Waals surface area contributed by atoms with Gasteiger partial charge in [-0.1, -0.05) is 0 Å². The molecule has 1 saturated heterocycles. The summed E-state index contributed by atoms with van der Waals surface area (Å²) in [6.45, 7) is 10.6. The summed E-state index contributed by atoms with van der Waals surface area (Å²) in [6.07, 6.45) is 1.13. The summed E-state index contributed by atoms with van der Waals surface area (Å²) in [4.78, 5) is 6.69. The highest BCUT2D eigenvalue weighted by Gasteiger charge is 2.16. The van der Waals surface area contributed by atoms with Crippen LogP contribution in [0, 0.1) is 0 Å². The molecule has 1 aromatic rings. The van der Waals surface area contributed by atoms with E-state index in [4.69, 9.17) is 4.74 Å². The molecule has 6 nitrogen and oxygen atoms in total. The Morgan fingerprint density at radius 1 is 1.28 bits per heavy atom. The predicted molar refractivity (Wildman–Crippen MR) is 70.6 cm³/mol. The summed E-state index contributed by atoms with van der Waals surface area (Å²) < 4.78 is 5.68. The molecule has 0 radical (unpaired) electrons. The minimum absolute atomic E-state index is 0.153. The SMILES string of the molecule is CC(C)(C)OCc1nc(N2CCCNCC2)n[nH]1. The molecular weight excluding hydrogens is 230 g/mol. The van der Waals surface area contributed by atoms with Crippen molar-refractivity contribution in [2.45, 2.75) is 39.4 Å². The van der Waals surface area contributed by atoms with Crippen molar-refractivity contribution in [3.63, 3.8) is 0 Å². The average Bonchev–Trinajstić information content (AvgIpc) is 2.60. The average molecular weight is 253 g/mol. The molecule has 0 unspecified atom stereocenters. The summed E-state index contributed by atoms with van der Waals surface area (Å²) in [6, 6.07) is 0. The second kappa shape index (κ2) is 5.67. The molecule has 1 aromatic heterocycles. The van der Waals surface area contributed by atoms with E-state index in [1.54, 1.807) is 0 Å². The number of nitrogens with one attached hydrogen (secondary N) is 2. The van der Waals surface area contributed by atoms with Crippen molar-refractivity contribution >= 4 is 5.95 Å². The lowest BCUT2D eigenvalue weighted by atomic mass is 10.2. The highest BCUT2D eigenvalue weighted by atomic mass is 16.5. The summed E-state index contributed by atoms with van der Waals surface area (Å²) in [5.41, 5.74) is -0.153. The first-order valence-corrected chi connectivity index (χ1v) is 6.55. The van der Waals surface area contributed by atoms with Gasteiger partial charge in [0.2, 0.25) is 5.95 Å². The quantitative estimate of drug-likeness (QED) is 0.838. The van der Waals surface area contributed by atoms with Crippen molar-refractivity contribution in [2.75, 3.05) is 31.1 Å². The molecule has 1 aliphatic heterocycles. The molecule has 0 saturated carbocycles. The summed E-state index contributed by atoms with van der Waals surface area (Å²) in [5, 5.41) is 10.6. The van der Waals surface area contributed by atoms with Crippen LogP contribution in [0.25, 0.3) is 0 Å². The van der Waals surface area contributed by atoms with Crippen molar-refractivity contribution < 1.29 is 4.74 Å². The number of anilines is 1. The van der Waals surface area contributed by atoms with E-state index in [9.17, 15) is 0 Å². The molecular formula is C12H23N5O. The Morgan fingerprint density at radius 3 is 2.89 bits per heavy atom. The summed E-state index contributed by atoms with van der Waals surface area (Å²) in [5.74, 6) is 1.57. The molecule has 6 heteroatoms. The van der Waals surface area contributed by atoms with Gasteiger partial charge in [-0.3, -0.25) is 5.10 Å². The zero-order valence-electron chi connectivity index (χ0n) is 11.5. The van der Waals surface area contributed by atoms with Gasteiger partial charge in [0.25, 0.3) is 0 Å². The lowest BCUT2D eigenvalue weighted by Crippen LogP contribution is -2.28. The lowest BCUT2D eigenvalue weighted by Gasteiger charge is -2.18. The molecule has 0 aliphatic carbocycles. The molecule has 0 bridgehead atoms. The molecule has 0 amide bonds. The van der Waals surface area contributed by atoms with Crippen LogP contribution in [-0.4, -0.2) is 47.0 Å². The number of rotatable bonds is 3. The monoisotopic (exact) mass is 253 g/mol. The third-order valence-electron chi connectivity index (χ3n) is 2.78. The first kappa shape index (κ1) is 13.3. The molecule has 0 aromatic carbocycles. The van der Waals surface area contributed by atoms with Crippen LogP contribution in [0.3, 0.4) is 0 Å². The van der Waals surface area contributed by atoms with E-state index in [0.29, 0.717) is 6.61 Å². The maximum absolute atomic E-state index is 5.68. The Labute approximate surface area is 108 Å². The highest BCUT2D eigenvalue weighted by molar-refractivity contribution is 5.28. The van der Waals surface area contributed by atoms with Crippen molar-refractivity contribution in [2.24, 2.45) is 0 Å². The van der Waals surface area contributed by atoms with Crippen LogP contribution >= 0.6 is 0 Å². The van der Waals surface area contributed by atoms with Crippen LogP contribution in [0.15, 0.2) is 0 Å². The van der Waals surface area contributed by atoms with E-state index in [2.05, 4.69) is 25.4 Å². The van der Waals surface area contributed by atoms with Crippen LogP contribution in [0.2, 0.25) is 0 Å². The van der Waals surface area contributed by atoms with E-state index in [-0.39, 0.29) is 5.60 Å². The third kappa shape index (κ3) is 3.96. The minimum atomic E-state index is -0.153. The van der Waals surface area contributed by atoms with Crippen LogP contribution in [0.1, 0.15) is 33.0 Å². The summed E-state index contributed by atoms with van der Waals surface area (Å²) >= 11 is 0. The van der Waals surface area contributed by atoms with Gasteiger partial charge in [0.1, 0.15) is 6.61 Å². The van der Waals surface area contributed by atoms with Crippen LogP contribution in [0.5, 0.6) is 0 Å². The Morgan fingerprint density at radius 2 is 2.11 bits per heavy atom. The molecule has 1 aliphatic rings.